The number of rotatable bonds is 3. The molecule has 0 radical (unpaired) electrons. The van der Waals surface area contributed by atoms with Gasteiger partial charge in [0.1, 0.15) is 11.4 Å². The number of ether oxygens (including phenoxy) is 2. The van der Waals surface area contributed by atoms with Gasteiger partial charge >= 0.3 is 0 Å². The van der Waals surface area contributed by atoms with Gasteiger partial charge in [-0.1, -0.05) is 11.6 Å². The first-order valence-electron chi connectivity index (χ1n) is 6.64. The summed E-state index contributed by atoms with van der Waals surface area (Å²) in [5.74, 6) is 1.49. The average Bonchev–Trinajstić information content (AvgIpc) is 2.35. The molecule has 0 spiro atoms. The van der Waals surface area contributed by atoms with Crippen LogP contribution in [0.1, 0.15) is 26.3 Å². The molecule has 0 saturated heterocycles. The molecule has 112 valence electrons. The molecular weight excluding hydrogens is 288 g/mol. The van der Waals surface area contributed by atoms with Gasteiger partial charge in [0.25, 0.3) is 0 Å². The molecule has 0 bridgehead atoms. The molecule has 1 aromatic carbocycles. The highest BCUT2D eigenvalue weighted by molar-refractivity contribution is 6.30. The summed E-state index contributed by atoms with van der Waals surface area (Å²) in [5.41, 5.74) is 6.91. The van der Waals surface area contributed by atoms with Crippen molar-refractivity contribution in [2.75, 3.05) is 5.73 Å². The van der Waals surface area contributed by atoms with E-state index in [9.17, 15) is 0 Å². The maximum absolute atomic E-state index is 5.93. The summed E-state index contributed by atoms with van der Waals surface area (Å²) in [5, 5.41) is 0.668. The summed E-state index contributed by atoms with van der Waals surface area (Å²) in [6.45, 7) is 7.73. The molecule has 0 saturated carbocycles. The van der Waals surface area contributed by atoms with Crippen LogP contribution in [0.15, 0.2) is 30.3 Å². The fraction of sp³-hybridized carbons (Fsp3) is 0.312. The van der Waals surface area contributed by atoms with Crippen molar-refractivity contribution < 1.29 is 9.47 Å². The van der Waals surface area contributed by atoms with Gasteiger partial charge in [0, 0.05) is 11.1 Å². The number of nitrogens with zero attached hydrogens (tertiary/aromatic N) is 1. The number of aryl methyl sites for hydroxylation is 1. The third-order valence-electron chi connectivity index (χ3n) is 2.62. The molecule has 2 rings (SSSR count). The van der Waals surface area contributed by atoms with Crippen LogP contribution in [-0.4, -0.2) is 10.6 Å². The van der Waals surface area contributed by atoms with Crippen LogP contribution in [0.25, 0.3) is 0 Å². The highest BCUT2D eigenvalue weighted by Gasteiger charge is 2.16. The van der Waals surface area contributed by atoms with Crippen LogP contribution in [0.4, 0.5) is 5.69 Å². The first-order chi connectivity index (χ1) is 9.74. The van der Waals surface area contributed by atoms with Gasteiger partial charge in [-0.3, -0.25) is 0 Å². The Morgan fingerprint density at radius 1 is 1.14 bits per heavy atom. The monoisotopic (exact) mass is 306 g/mol. The standard InChI is InChI=1S/C16H19ClN2O2/c1-10-9-11(17)5-7-13(10)20-14-8-6-12(18)15(19-14)21-16(2,3)4/h5-9H,18H2,1-4H3. The average molecular weight is 307 g/mol. The summed E-state index contributed by atoms with van der Waals surface area (Å²) in [6.07, 6.45) is 0. The Morgan fingerprint density at radius 2 is 1.86 bits per heavy atom. The van der Waals surface area contributed by atoms with Gasteiger partial charge < -0.3 is 15.2 Å². The molecule has 2 N–H and O–H groups in total. The van der Waals surface area contributed by atoms with Gasteiger partial charge in [-0.05, 0) is 57.5 Å². The molecule has 0 unspecified atom stereocenters. The van der Waals surface area contributed by atoms with Crippen molar-refractivity contribution in [3.05, 3.63) is 40.9 Å². The molecule has 0 amide bonds. The van der Waals surface area contributed by atoms with Crippen molar-refractivity contribution >= 4 is 17.3 Å². The summed E-state index contributed by atoms with van der Waals surface area (Å²) < 4.78 is 11.5. The SMILES string of the molecule is Cc1cc(Cl)ccc1Oc1ccc(N)c(OC(C)(C)C)n1. The van der Waals surface area contributed by atoms with E-state index in [2.05, 4.69) is 4.98 Å². The maximum atomic E-state index is 5.93. The van der Waals surface area contributed by atoms with Crippen molar-refractivity contribution in [3.63, 3.8) is 0 Å². The third kappa shape index (κ3) is 4.26. The second kappa shape index (κ2) is 5.82. The quantitative estimate of drug-likeness (QED) is 0.900. The van der Waals surface area contributed by atoms with E-state index in [1.165, 1.54) is 0 Å². The molecule has 5 heteroatoms. The highest BCUT2D eigenvalue weighted by Crippen LogP contribution is 2.30. The second-order valence-corrected chi connectivity index (χ2v) is 6.21. The Morgan fingerprint density at radius 3 is 2.48 bits per heavy atom. The highest BCUT2D eigenvalue weighted by atomic mass is 35.5. The summed E-state index contributed by atoms with van der Waals surface area (Å²) in [4.78, 5) is 4.31. The smallest absolute Gasteiger partial charge is 0.241 e. The fourth-order valence-corrected chi connectivity index (χ4v) is 1.93. The Kier molecular flexibility index (Phi) is 4.28. The Balaban J connectivity index is 2.26. The van der Waals surface area contributed by atoms with Crippen LogP contribution in [0.2, 0.25) is 5.02 Å². The number of hydrogen-bond donors (Lipinski definition) is 1. The van der Waals surface area contributed by atoms with E-state index in [0.29, 0.717) is 28.2 Å². The number of benzene rings is 1. The van der Waals surface area contributed by atoms with Gasteiger partial charge in [0.15, 0.2) is 0 Å². The molecule has 0 aliphatic rings. The van der Waals surface area contributed by atoms with Crippen molar-refractivity contribution in [1.29, 1.82) is 0 Å². The van der Waals surface area contributed by atoms with Gasteiger partial charge in [-0.2, -0.15) is 4.98 Å². The number of aromatic nitrogens is 1. The molecular formula is C16H19ClN2O2. The first-order valence-corrected chi connectivity index (χ1v) is 7.02. The number of nitrogens with two attached hydrogens (primary N) is 1. The summed E-state index contributed by atoms with van der Waals surface area (Å²) >= 11 is 5.93. The van der Waals surface area contributed by atoms with E-state index < -0.39 is 0 Å². The molecule has 1 heterocycles. The first kappa shape index (κ1) is 15.4. The zero-order chi connectivity index (χ0) is 15.6. The van der Waals surface area contributed by atoms with Gasteiger partial charge in [-0.15, -0.1) is 0 Å². The fourth-order valence-electron chi connectivity index (χ4n) is 1.70. The molecule has 0 atom stereocenters. The van der Waals surface area contributed by atoms with E-state index in [1.54, 1.807) is 24.3 Å². The van der Waals surface area contributed by atoms with Crippen molar-refractivity contribution in [2.24, 2.45) is 0 Å². The molecule has 0 fully saturated rings. The van der Waals surface area contributed by atoms with Crippen LogP contribution in [-0.2, 0) is 0 Å². The zero-order valence-electron chi connectivity index (χ0n) is 12.6. The minimum Gasteiger partial charge on any atom is -0.470 e. The van der Waals surface area contributed by atoms with Crippen LogP contribution >= 0.6 is 11.6 Å². The van der Waals surface area contributed by atoms with Crippen LogP contribution < -0.4 is 15.2 Å². The van der Waals surface area contributed by atoms with Crippen molar-refractivity contribution in [3.8, 4) is 17.5 Å². The Labute approximate surface area is 129 Å². The van der Waals surface area contributed by atoms with E-state index in [1.807, 2.05) is 33.8 Å². The molecule has 1 aromatic heterocycles. The van der Waals surface area contributed by atoms with Gasteiger partial charge in [0.2, 0.25) is 11.8 Å². The van der Waals surface area contributed by atoms with E-state index in [0.717, 1.165) is 5.56 Å². The third-order valence-corrected chi connectivity index (χ3v) is 2.85. The molecule has 0 aliphatic carbocycles. The van der Waals surface area contributed by atoms with Gasteiger partial charge in [0.05, 0.1) is 5.69 Å². The lowest BCUT2D eigenvalue weighted by Crippen LogP contribution is -2.24. The number of pyridine rings is 1. The lowest BCUT2D eigenvalue weighted by Gasteiger charge is -2.21. The van der Waals surface area contributed by atoms with Gasteiger partial charge in [-0.25, -0.2) is 0 Å². The van der Waals surface area contributed by atoms with Crippen molar-refractivity contribution in [1.82, 2.24) is 4.98 Å². The summed E-state index contributed by atoms with van der Waals surface area (Å²) in [7, 11) is 0. The number of halogens is 1. The van der Waals surface area contributed by atoms with Crippen LogP contribution in [0.5, 0.6) is 17.5 Å². The molecule has 4 nitrogen and oxygen atoms in total. The molecule has 21 heavy (non-hydrogen) atoms. The number of anilines is 1. The molecule has 2 aromatic rings. The number of hydrogen-bond acceptors (Lipinski definition) is 4. The maximum Gasteiger partial charge on any atom is 0.241 e. The largest absolute Gasteiger partial charge is 0.470 e. The Hall–Kier alpha value is -1.94. The van der Waals surface area contributed by atoms with E-state index in [-0.39, 0.29) is 5.60 Å². The minimum atomic E-state index is -0.379. The summed E-state index contributed by atoms with van der Waals surface area (Å²) in [6, 6.07) is 8.84. The zero-order valence-corrected chi connectivity index (χ0v) is 13.4. The topological polar surface area (TPSA) is 57.4 Å². The lowest BCUT2D eigenvalue weighted by molar-refractivity contribution is 0.124. The van der Waals surface area contributed by atoms with Crippen LogP contribution in [0.3, 0.4) is 0 Å². The predicted molar refractivity (Wildman–Crippen MR) is 85.3 cm³/mol. The normalized spacial score (nSPS) is 11.3. The minimum absolute atomic E-state index is 0.367. The Bertz CT molecular complexity index is 651. The van der Waals surface area contributed by atoms with Crippen molar-refractivity contribution in [2.45, 2.75) is 33.3 Å². The van der Waals surface area contributed by atoms with E-state index >= 15 is 0 Å². The second-order valence-electron chi connectivity index (χ2n) is 5.77. The van der Waals surface area contributed by atoms with Crippen LogP contribution in [0, 0.1) is 6.92 Å². The number of nitrogen functional groups attached to an aromatic ring is 1. The van der Waals surface area contributed by atoms with E-state index in [4.69, 9.17) is 26.8 Å². The molecule has 0 aliphatic heterocycles. The lowest BCUT2D eigenvalue weighted by atomic mass is 10.2. The predicted octanol–water partition coefficient (Wildman–Crippen LogP) is 4.60.